The van der Waals surface area contributed by atoms with E-state index in [9.17, 15) is 4.79 Å². The third-order valence-corrected chi connectivity index (χ3v) is 2.76. The first-order chi connectivity index (χ1) is 7.93. The maximum atomic E-state index is 11.5. The maximum absolute atomic E-state index is 11.5. The van der Waals surface area contributed by atoms with Gasteiger partial charge in [-0.15, -0.1) is 12.6 Å². The number of unbranched alkanes of at least 4 members (excludes halogenated alkanes) is 2. The lowest BCUT2D eigenvalue weighted by Crippen LogP contribution is -2.29. The third kappa shape index (κ3) is 10.8. The number of hydrogen-bond donors (Lipinski definition) is 1. The largest absolute Gasteiger partial charge is 0.368 e. The summed E-state index contributed by atoms with van der Waals surface area (Å²) >= 11 is 4.14. The van der Waals surface area contributed by atoms with Crippen molar-refractivity contribution in [3.8, 4) is 0 Å². The second kappa shape index (κ2) is 9.92. The number of hydrogen-bond acceptors (Lipinski definition) is 4. The van der Waals surface area contributed by atoms with Crippen LogP contribution in [0.2, 0.25) is 0 Å². The van der Waals surface area contributed by atoms with Crippen molar-refractivity contribution in [2.45, 2.75) is 45.5 Å². The number of nitrogens with zero attached hydrogens (tertiary/aromatic N) is 1. The van der Waals surface area contributed by atoms with E-state index in [0.29, 0.717) is 12.3 Å². The molecule has 0 N–H and O–H groups in total. The van der Waals surface area contributed by atoms with Crippen LogP contribution in [0.1, 0.15) is 40.0 Å². The summed E-state index contributed by atoms with van der Waals surface area (Å²) < 4.78 is 5.34. The first-order valence-corrected chi connectivity index (χ1v) is 6.96. The molecule has 0 bridgehead atoms. The monoisotopic (exact) mass is 261 g/mol. The quantitative estimate of drug-likeness (QED) is 0.372. The number of likely N-dealkylation sites (N-methyl/N-ethyl adjacent to an activating group) is 1. The molecule has 0 rings (SSSR count). The Balaban J connectivity index is 3.39. The Hall–Kier alpha value is -0.0600. The van der Waals surface area contributed by atoms with Gasteiger partial charge in [-0.3, -0.25) is 9.69 Å². The standard InChI is InChI=1S/C13H27NO2S/c1-11(2)13(15)10-14(4)8-6-5-7-9-16-12(3)17/h11-12,17H,5-10H2,1-4H3. The minimum absolute atomic E-state index is 0.0290. The molecule has 0 amide bonds. The minimum atomic E-state index is 0.0290. The van der Waals surface area contributed by atoms with Gasteiger partial charge in [-0.1, -0.05) is 13.8 Å². The van der Waals surface area contributed by atoms with Crippen LogP contribution in [0.5, 0.6) is 0 Å². The Morgan fingerprint density at radius 1 is 1.24 bits per heavy atom. The van der Waals surface area contributed by atoms with Crippen molar-refractivity contribution in [1.29, 1.82) is 0 Å². The molecule has 102 valence electrons. The SMILES string of the molecule is CC(S)OCCCCCN(C)CC(=O)C(C)C. The number of Topliss-reactive ketones (excluding diaryl/α,β-unsaturated/α-hetero) is 1. The summed E-state index contributed by atoms with van der Waals surface area (Å²) in [7, 11) is 2.01. The molecule has 0 fully saturated rings. The highest BCUT2D eigenvalue weighted by Crippen LogP contribution is 2.02. The van der Waals surface area contributed by atoms with Crippen LogP contribution < -0.4 is 0 Å². The van der Waals surface area contributed by atoms with Gasteiger partial charge in [-0.2, -0.15) is 0 Å². The fraction of sp³-hybridized carbons (Fsp3) is 0.923. The molecule has 1 atom stereocenters. The average Bonchev–Trinajstić information content (AvgIpc) is 2.22. The van der Waals surface area contributed by atoms with Crippen molar-refractivity contribution in [3.63, 3.8) is 0 Å². The number of ketones is 1. The number of carbonyl (C=O) groups excluding carboxylic acids is 1. The van der Waals surface area contributed by atoms with E-state index in [2.05, 4.69) is 17.5 Å². The number of ether oxygens (including phenoxy) is 1. The van der Waals surface area contributed by atoms with Crippen molar-refractivity contribution in [3.05, 3.63) is 0 Å². The van der Waals surface area contributed by atoms with Gasteiger partial charge in [-0.05, 0) is 39.8 Å². The summed E-state index contributed by atoms with van der Waals surface area (Å²) in [6, 6.07) is 0. The van der Waals surface area contributed by atoms with Gasteiger partial charge in [0.2, 0.25) is 0 Å². The van der Waals surface area contributed by atoms with Crippen molar-refractivity contribution in [2.24, 2.45) is 5.92 Å². The van der Waals surface area contributed by atoms with E-state index in [1.807, 2.05) is 27.8 Å². The lowest BCUT2D eigenvalue weighted by molar-refractivity contribution is -0.122. The zero-order chi connectivity index (χ0) is 13.3. The highest BCUT2D eigenvalue weighted by atomic mass is 32.1. The maximum Gasteiger partial charge on any atom is 0.149 e. The molecule has 0 aromatic carbocycles. The summed E-state index contributed by atoms with van der Waals surface area (Å²) in [4.78, 5) is 13.6. The van der Waals surface area contributed by atoms with Crippen molar-refractivity contribution < 1.29 is 9.53 Å². The lowest BCUT2D eigenvalue weighted by atomic mass is 10.1. The molecule has 0 aromatic heterocycles. The van der Waals surface area contributed by atoms with Gasteiger partial charge in [0.1, 0.15) is 5.78 Å². The van der Waals surface area contributed by atoms with Crippen LogP contribution in [-0.2, 0) is 9.53 Å². The van der Waals surface area contributed by atoms with E-state index in [-0.39, 0.29) is 11.4 Å². The van der Waals surface area contributed by atoms with Crippen LogP contribution >= 0.6 is 12.6 Å². The van der Waals surface area contributed by atoms with Crippen molar-refractivity contribution in [2.75, 3.05) is 26.7 Å². The summed E-state index contributed by atoms with van der Waals surface area (Å²) in [6.07, 6.45) is 3.32. The molecule has 4 heteroatoms. The van der Waals surface area contributed by atoms with E-state index in [0.717, 1.165) is 32.4 Å². The smallest absolute Gasteiger partial charge is 0.149 e. The van der Waals surface area contributed by atoms with Crippen LogP contribution in [0, 0.1) is 5.92 Å². The van der Waals surface area contributed by atoms with E-state index in [1.165, 1.54) is 0 Å². The normalized spacial score (nSPS) is 13.4. The van der Waals surface area contributed by atoms with Crippen molar-refractivity contribution in [1.82, 2.24) is 4.90 Å². The second-order valence-corrected chi connectivity index (χ2v) is 5.62. The highest BCUT2D eigenvalue weighted by molar-refractivity contribution is 7.80. The van der Waals surface area contributed by atoms with Gasteiger partial charge in [0.25, 0.3) is 0 Å². The van der Waals surface area contributed by atoms with E-state index >= 15 is 0 Å². The van der Waals surface area contributed by atoms with Gasteiger partial charge >= 0.3 is 0 Å². The molecule has 1 unspecified atom stereocenters. The minimum Gasteiger partial charge on any atom is -0.368 e. The summed E-state index contributed by atoms with van der Waals surface area (Å²) in [6.45, 7) is 8.16. The van der Waals surface area contributed by atoms with Crippen LogP contribution in [0.15, 0.2) is 0 Å². The summed E-state index contributed by atoms with van der Waals surface area (Å²) in [5.74, 6) is 0.461. The van der Waals surface area contributed by atoms with E-state index < -0.39 is 0 Å². The molecule has 17 heavy (non-hydrogen) atoms. The van der Waals surface area contributed by atoms with E-state index in [4.69, 9.17) is 4.74 Å². The lowest BCUT2D eigenvalue weighted by Gasteiger charge is -2.16. The van der Waals surface area contributed by atoms with Crippen LogP contribution in [0.3, 0.4) is 0 Å². The number of rotatable bonds is 10. The Morgan fingerprint density at radius 3 is 2.41 bits per heavy atom. The molecular weight excluding hydrogens is 234 g/mol. The molecule has 0 radical (unpaired) electrons. The highest BCUT2D eigenvalue weighted by Gasteiger charge is 2.09. The molecule has 0 aliphatic heterocycles. The van der Waals surface area contributed by atoms with Gasteiger partial charge in [0.15, 0.2) is 0 Å². The fourth-order valence-corrected chi connectivity index (χ4v) is 1.55. The van der Waals surface area contributed by atoms with Gasteiger partial charge in [-0.25, -0.2) is 0 Å². The molecule has 0 aliphatic carbocycles. The fourth-order valence-electron chi connectivity index (χ4n) is 1.44. The van der Waals surface area contributed by atoms with Crippen molar-refractivity contribution >= 4 is 18.4 Å². The summed E-state index contributed by atoms with van der Waals surface area (Å²) in [5.41, 5.74) is 0.0290. The third-order valence-electron chi connectivity index (χ3n) is 2.61. The summed E-state index contributed by atoms with van der Waals surface area (Å²) in [5, 5.41) is 0. The molecule has 0 saturated carbocycles. The van der Waals surface area contributed by atoms with Gasteiger partial charge < -0.3 is 4.74 Å². The zero-order valence-corrected chi connectivity index (χ0v) is 12.5. The topological polar surface area (TPSA) is 29.5 Å². The Kier molecular flexibility index (Phi) is 9.88. The Bertz CT molecular complexity index is 208. The van der Waals surface area contributed by atoms with Gasteiger partial charge in [0.05, 0.1) is 12.0 Å². The van der Waals surface area contributed by atoms with Crippen LogP contribution in [0.4, 0.5) is 0 Å². The Labute approximate surface area is 111 Å². The molecule has 0 spiro atoms. The van der Waals surface area contributed by atoms with Crippen LogP contribution in [-0.4, -0.2) is 42.9 Å². The average molecular weight is 261 g/mol. The molecule has 0 heterocycles. The van der Waals surface area contributed by atoms with E-state index in [1.54, 1.807) is 0 Å². The number of thiol groups is 1. The van der Waals surface area contributed by atoms with Gasteiger partial charge in [0, 0.05) is 12.5 Å². The predicted octanol–water partition coefficient (Wildman–Crippen LogP) is 2.61. The Morgan fingerprint density at radius 2 is 1.88 bits per heavy atom. The number of carbonyl (C=O) groups is 1. The second-order valence-electron chi connectivity index (χ2n) is 4.89. The molecule has 3 nitrogen and oxygen atoms in total. The first kappa shape index (κ1) is 16.9. The zero-order valence-electron chi connectivity index (χ0n) is 11.6. The molecule has 0 saturated heterocycles. The molecular formula is C13H27NO2S. The van der Waals surface area contributed by atoms with Crippen LogP contribution in [0.25, 0.3) is 0 Å². The first-order valence-electron chi connectivity index (χ1n) is 6.44. The molecule has 0 aliphatic rings. The molecule has 0 aromatic rings. The predicted molar refractivity (Wildman–Crippen MR) is 75.6 cm³/mol.